The van der Waals surface area contributed by atoms with Crippen LogP contribution in [0, 0.1) is 0 Å². The van der Waals surface area contributed by atoms with Gasteiger partial charge in [0.2, 0.25) is 0 Å². The molecular formula is C10H17N3O5. The number of hydrazine groups is 1. The molecule has 8 heteroatoms. The van der Waals surface area contributed by atoms with Crippen LogP contribution in [-0.4, -0.2) is 67.2 Å². The molecule has 2 aliphatic rings. The summed E-state index contributed by atoms with van der Waals surface area (Å²) in [6.07, 6.45) is 0.277. The molecular weight excluding hydrogens is 242 g/mol. The summed E-state index contributed by atoms with van der Waals surface area (Å²) in [5.41, 5.74) is 1.30. The lowest BCUT2D eigenvalue weighted by atomic mass is 9.99. The van der Waals surface area contributed by atoms with Crippen LogP contribution >= 0.6 is 0 Å². The Balaban J connectivity index is 1.87. The molecule has 8 nitrogen and oxygen atoms in total. The number of hydrogen-bond acceptors (Lipinski definition) is 5. The molecule has 102 valence electrons. The Kier molecular flexibility index (Phi) is 4.00. The number of ether oxygens (including phenoxy) is 2. The first-order chi connectivity index (χ1) is 8.62. The molecule has 1 atom stereocenters. The van der Waals surface area contributed by atoms with E-state index < -0.39 is 17.5 Å². The number of carbonyl (C=O) groups is 2. The van der Waals surface area contributed by atoms with E-state index in [2.05, 4.69) is 10.7 Å². The van der Waals surface area contributed by atoms with E-state index in [1.165, 1.54) is 0 Å². The SMILES string of the molecule is O=C(NN1CCOCC1)NC1(C(=O)O)CCOC1. The summed E-state index contributed by atoms with van der Waals surface area (Å²) in [6.45, 7) is 2.61. The van der Waals surface area contributed by atoms with Crippen LogP contribution in [0.5, 0.6) is 0 Å². The molecule has 0 bridgehead atoms. The molecule has 2 fully saturated rings. The molecule has 2 saturated heterocycles. The summed E-state index contributed by atoms with van der Waals surface area (Å²) in [5.74, 6) is -1.07. The zero-order valence-electron chi connectivity index (χ0n) is 9.98. The topological polar surface area (TPSA) is 100 Å². The van der Waals surface area contributed by atoms with Crippen molar-refractivity contribution in [2.24, 2.45) is 0 Å². The fourth-order valence-corrected chi connectivity index (χ4v) is 1.95. The quantitative estimate of drug-likeness (QED) is 0.587. The summed E-state index contributed by atoms with van der Waals surface area (Å²) in [4.78, 5) is 22.9. The predicted octanol–water partition coefficient (Wildman–Crippen LogP) is -1.22. The molecule has 2 rings (SSSR count). The van der Waals surface area contributed by atoms with Gasteiger partial charge >= 0.3 is 12.0 Å². The highest BCUT2D eigenvalue weighted by molar-refractivity contribution is 5.86. The summed E-state index contributed by atoms with van der Waals surface area (Å²) in [6, 6.07) is -0.523. The summed E-state index contributed by atoms with van der Waals surface area (Å²) < 4.78 is 10.2. The van der Waals surface area contributed by atoms with E-state index in [1.54, 1.807) is 5.01 Å². The van der Waals surface area contributed by atoms with Gasteiger partial charge in [-0.3, -0.25) is 5.43 Å². The van der Waals surface area contributed by atoms with Crippen molar-refractivity contribution in [2.75, 3.05) is 39.5 Å². The van der Waals surface area contributed by atoms with Crippen molar-refractivity contribution < 1.29 is 24.2 Å². The summed E-state index contributed by atoms with van der Waals surface area (Å²) in [7, 11) is 0. The molecule has 1 unspecified atom stereocenters. The number of amides is 2. The van der Waals surface area contributed by atoms with Gasteiger partial charge in [-0.15, -0.1) is 0 Å². The maximum atomic E-state index is 11.8. The first kappa shape index (κ1) is 13.1. The molecule has 18 heavy (non-hydrogen) atoms. The maximum absolute atomic E-state index is 11.8. The van der Waals surface area contributed by atoms with E-state index in [4.69, 9.17) is 14.6 Å². The Morgan fingerprint density at radius 1 is 1.17 bits per heavy atom. The molecule has 0 aliphatic carbocycles. The average molecular weight is 259 g/mol. The van der Waals surface area contributed by atoms with Crippen molar-refractivity contribution in [3.05, 3.63) is 0 Å². The Morgan fingerprint density at radius 2 is 1.89 bits per heavy atom. The highest BCUT2D eigenvalue weighted by Gasteiger charge is 2.44. The largest absolute Gasteiger partial charge is 0.479 e. The van der Waals surface area contributed by atoms with E-state index in [9.17, 15) is 9.59 Å². The van der Waals surface area contributed by atoms with Gasteiger partial charge in [0.25, 0.3) is 0 Å². The second kappa shape index (κ2) is 5.51. The predicted molar refractivity (Wildman–Crippen MR) is 59.9 cm³/mol. The first-order valence-corrected chi connectivity index (χ1v) is 5.85. The minimum atomic E-state index is -1.31. The third-order valence-corrected chi connectivity index (χ3v) is 3.05. The van der Waals surface area contributed by atoms with Crippen LogP contribution in [0.3, 0.4) is 0 Å². The van der Waals surface area contributed by atoms with Gasteiger partial charge in [-0.05, 0) is 0 Å². The second-order valence-electron chi connectivity index (χ2n) is 4.36. The molecule has 2 heterocycles. The number of morpholine rings is 1. The monoisotopic (exact) mass is 259 g/mol. The lowest BCUT2D eigenvalue weighted by Gasteiger charge is -2.29. The summed E-state index contributed by atoms with van der Waals surface area (Å²) in [5, 5.41) is 13.3. The van der Waals surface area contributed by atoms with E-state index >= 15 is 0 Å². The van der Waals surface area contributed by atoms with E-state index in [1.807, 2.05) is 0 Å². The van der Waals surface area contributed by atoms with Gasteiger partial charge in [-0.25, -0.2) is 14.6 Å². The number of carbonyl (C=O) groups excluding carboxylic acids is 1. The molecule has 0 radical (unpaired) electrons. The maximum Gasteiger partial charge on any atom is 0.332 e. The van der Waals surface area contributed by atoms with Crippen LogP contribution in [0.4, 0.5) is 4.79 Å². The summed E-state index contributed by atoms with van der Waals surface area (Å²) >= 11 is 0. The van der Waals surface area contributed by atoms with Gasteiger partial charge in [-0.1, -0.05) is 0 Å². The van der Waals surface area contributed by atoms with Crippen molar-refractivity contribution in [3.63, 3.8) is 0 Å². The van der Waals surface area contributed by atoms with Crippen LogP contribution in [-0.2, 0) is 14.3 Å². The van der Waals surface area contributed by atoms with Crippen molar-refractivity contribution in [1.29, 1.82) is 0 Å². The lowest BCUT2D eigenvalue weighted by Crippen LogP contribution is -2.61. The van der Waals surface area contributed by atoms with Crippen molar-refractivity contribution in [3.8, 4) is 0 Å². The van der Waals surface area contributed by atoms with Crippen molar-refractivity contribution >= 4 is 12.0 Å². The van der Waals surface area contributed by atoms with Gasteiger partial charge in [0.15, 0.2) is 5.54 Å². The normalized spacial score (nSPS) is 28.9. The number of hydrogen-bond donors (Lipinski definition) is 3. The Bertz CT molecular complexity index is 323. The molecule has 2 aliphatic heterocycles. The number of aliphatic carboxylic acids is 1. The van der Waals surface area contributed by atoms with Crippen LogP contribution in [0.1, 0.15) is 6.42 Å². The lowest BCUT2D eigenvalue weighted by molar-refractivity contribution is -0.144. The number of rotatable bonds is 3. The van der Waals surface area contributed by atoms with Gasteiger partial charge in [0.1, 0.15) is 0 Å². The highest BCUT2D eigenvalue weighted by Crippen LogP contribution is 2.18. The number of urea groups is 1. The molecule has 2 amide bonds. The highest BCUT2D eigenvalue weighted by atomic mass is 16.5. The third-order valence-electron chi connectivity index (χ3n) is 3.05. The fourth-order valence-electron chi connectivity index (χ4n) is 1.95. The van der Waals surface area contributed by atoms with Crippen LogP contribution in [0.25, 0.3) is 0 Å². The molecule has 3 N–H and O–H groups in total. The van der Waals surface area contributed by atoms with Gasteiger partial charge < -0.3 is 19.9 Å². The van der Waals surface area contributed by atoms with Crippen LogP contribution in [0.15, 0.2) is 0 Å². The number of nitrogens with one attached hydrogen (secondary N) is 2. The van der Waals surface area contributed by atoms with Gasteiger partial charge in [-0.2, -0.15) is 0 Å². The second-order valence-corrected chi connectivity index (χ2v) is 4.36. The average Bonchev–Trinajstić information content (AvgIpc) is 2.80. The fraction of sp³-hybridized carbons (Fsp3) is 0.800. The Labute approximate surface area is 104 Å². The zero-order chi connectivity index (χ0) is 13.0. The van der Waals surface area contributed by atoms with Gasteiger partial charge in [0.05, 0.1) is 19.8 Å². The third kappa shape index (κ3) is 2.89. The Morgan fingerprint density at radius 3 is 2.44 bits per heavy atom. The van der Waals surface area contributed by atoms with Crippen LogP contribution in [0.2, 0.25) is 0 Å². The van der Waals surface area contributed by atoms with Crippen molar-refractivity contribution in [1.82, 2.24) is 15.8 Å². The molecule has 0 saturated carbocycles. The first-order valence-electron chi connectivity index (χ1n) is 5.85. The number of carboxylic acid groups (broad SMARTS) is 1. The standard InChI is InChI=1S/C10H17N3O5/c14-8(15)10(1-4-18-7-10)11-9(16)12-13-2-5-17-6-3-13/h1-7H2,(H,14,15)(H2,11,12,16). The number of carboxylic acids is 1. The van der Waals surface area contributed by atoms with Crippen LogP contribution < -0.4 is 10.7 Å². The van der Waals surface area contributed by atoms with E-state index in [0.29, 0.717) is 32.9 Å². The smallest absolute Gasteiger partial charge is 0.332 e. The molecule has 0 spiro atoms. The van der Waals surface area contributed by atoms with E-state index in [-0.39, 0.29) is 13.0 Å². The molecule has 0 aromatic heterocycles. The number of nitrogens with zero attached hydrogens (tertiary/aromatic N) is 1. The van der Waals surface area contributed by atoms with E-state index in [0.717, 1.165) is 0 Å². The molecule has 0 aromatic rings. The zero-order valence-corrected chi connectivity index (χ0v) is 9.98. The van der Waals surface area contributed by atoms with Crippen molar-refractivity contribution in [2.45, 2.75) is 12.0 Å². The van der Waals surface area contributed by atoms with Gasteiger partial charge in [0, 0.05) is 26.1 Å². The molecule has 0 aromatic carbocycles. The minimum absolute atomic E-state index is 0.00113. The Hall–Kier alpha value is -1.38. The minimum Gasteiger partial charge on any atom is -0.479 e.